The van der Waals surface area contributed by atoms with Crippen molar-refractivity contribution in [2.75, 3.05) is 43.5 Å². The fourth-order valence-corrected chi connectivity index (χ4v) is 2.95. The molecule has 1 aromatic heterocycles. The van der Waals surface area contributed by atoms with Crippen LogP contribution >= 0.6 is 11.6 Å². The number of hydrogen-bond acceptors (Lipinski definition) is 6. The van der Waals surface area contributed by atoms with Gasteiger partial charge in [-0.2, -0.15) is 4.98 Å². The van der Waals surface area contributed by atoms with Crippen molar-refractivity contribution >= 4 is 34.7 Å². The molecule has 26 heavy (non-hydrogen) atoms. The molecule has 1 N–H and O–H groups in total. The molecule has 0 bridgehead atoms. The zero-order valence-electron chi connectivity index (χ0n) is 14.5. The van der Waals surface area contributed by atoms with Crippen molar-refractivity contribution in [3.05, 3.63) is 35.5 Å². The number of halogens is 2. The minimum atomic E-state index is -0.610. The number of carbonyl (C=O) groups is 1. The second kappa shape index (κ2) is 7.74. The number of aromatic nitrogens is 2. The summed E-state index contributed by atoms with van der Waals surface area (Å²) in [5, 5.41) is 2.83. The third-order valence-corrected chi connectivity index (χ3v) is 4.43. The normalized spacial score (nSPS) is 14.3. The minimum absolute atomic E-state index is 0.0221. The largest absolute Gasteiger partial charge is 0.494 e. The second-order valence-electron chi connectivity index (χ2n) is 5.84. The summed E-state index contributed by atoms with van der Waals surface area (Å²) >= 11 is 5.72. The lowest BCUT2D eigenvalue weighted by Crippen LogP contribution is -2.48. The fraction of sp³-hybridized carbons (Fsp3) is 0.353. The van der Waals surface area contributed by atoms with E-state index < -0.39 is 5.82 Å². The van der Waals surface area contributed by atoms with Crippen LogP contribution in [0.25, 0.3) is 0 Å². The van der Waals surface area contributed by atoms with Gasteiger partial charge < -0.3 is 19.9 Å². The highest BCUT2D eigenvalue weighted by atomic mass is 35.5. The van der Waals surface area contributed by atoms with E-state index in [4.69, 9.17) is 16.3 Å². The van der Waals surface area contributed by atoms with Gasteiger partial charge in [0.15, 0.2) is 11.6 Å². The lowest BCUT2D eigenvalue weighted by molar-refractivity contribution is -0.129. The van der Waals surface area contributed by atoms with Crippen molar-refractivity contribution in [3.63, 3.8) is 0 Å². The summed E-state index contributed by atoms with van der Waals surface area (Å²) in [5.41, 5.74) is 1.53. The molecule has 0 saturated carbocycles. The molecule has 0 radical (unpaired) electrons. The molecule has 0 aliphatic carbocycles. The van der Waals surface area contributed by atoms with Crippen LogP contribution in [0, 0.1) is 5.82 Å². The Morgan fingerprint density at radius 1 is 1.31 bits per heavy atom. The minimum Gasteiger partial charge on any atom is -0.494 e. The SMILES string of the molecule is COc1cc(N2CCN(C(C)=O)CC2)ccc1Nc1nc(Cl)ncc1F. The van der Waals surface area contributed by atoms with Gasteiger partial charge in [0, 0.05) is 44.9 Å². The van der Waals surface area contributed by atoms with Crippen molar-refractivity contribution in [2.24, 2.45) is 0 Å². The topological polar surface area (TPSA) is 70.6 Å². The number of amides is 1. The zero-order chi connectivity index (χ0) is 18.7. The maximum Gasteiger partial charge on any atom is 0.224 e. The number of carbonyl (C=O) groups excluding carboxylic acids is 1. The first-order valence-electron chi connectivity index (χ1n) is 8.11. The standard InChI is InChI=1S/C17H19ClFN5O2/c1-11(25)23-5-7-24(8-6-23)12-3-4-14(15(9-12)26-2)21-16-13(19)10-20-17(18)22-16/h3-4,9-10H,5-8H2,1-2H3,(H,20,21,22). The molecule has 1 aliphatic rings. The van der Waals surface area contributed by atoms with Gasteiger partial charge in [0.2, 0.25) is 11.2 Å². The molecule has 9 heteroatoms. The third-order valence-electron chi connectivity index (χ3n) is 4.24. The molecule has 1 aromatic carbocycles. The van der Waals surface area contributed by atoms with Gasteiger partial charge in [0.1, 0.15) is 5.75 Å². The Morgan fingerprint density at radius 3 is 2.69 bits per heavy atom. The Kier molecular flexibility index (Phi) is 5.41. The number of hydrogen-bond donors (Lipinski definition) is 1. The smallest absolute Gasteiger partial charge is 0.224 e. The van der Waals surface area contributed by atoms with Gasteiger partial charge in [-0.1, -0.05) is 0 Å². The first kappa shape index (κ1) is 18.2. The fourth-order valence-electron chi connectivity index (χ4n) is 2.82. The summed E-state index contributed by atoms with van der Waals surface area (Å²) in [4.78, 5) is 22.9. The highest BCUT2D eigenvalue weighted by molar-refractivity contribution is 6.28. The van der Waals surface area contributed by atoms with Crippen molar-refractivity contribution < 1.29 is 13.9 Å². The first-order chi connectivity index (χ1) is 12.5. The van der Waals surface area contributed by atoms with Crippen LogP contribution < -0.4 is 15.0 Å². The number of piperazine rings is 1. The molecular weight excluding hydrogens is 361 g/mol. The highest BCUT2D eigenvalue weighted by Gasteiger charge is 2.20. The molecule has 1 amide bonds. The number of rotatable bonds is 4. The Labute approximate surface area is 155 Å². The van der Waals surface area contributed by atoms with E-state index in [9.17, 15) is 9.18 Å². The Morgan fingerprint density at radius 2 is 2.04 bits per heavy atom. The van der Waals surface area contributed by atoms with Gasteiger partial charge in [-0.05, 0) is 23.7 Å². The van der Waals surface area contributed by atoms with Crippen molar-refractivity contribution in [1.82, 2.24) is 14.9 Å². The predicted octanol–water partition coefficient (Wildman–Crippen LogP) is 2.69. The van der Waals surface area contributed by atoms with Crippen molar-refractivity contribution in [3.8, 4) is 5.75 Å². The van der Waals surface area contributed by atoms with Gasteiger partial charge in [0.05, 0.1) is 19.0 Å². The van der Waals surface area contributed by atoms with Crippen LogP contribution in [0.3, 0.4) is 0 Å². The molecule has 2 aromatic rings. The van der Waals surface area contributed by atoms with E-state index in [1.807, 2.05) is 17.0 Å². The van der Waals surface area contributed by atoms with E-state index >= 15 is 0 Å². The number of nitrogens with zero attached hydrogens (tertiary/aromatic N) is 4. The molecule has 1 saturated heterocycles. The van der Waals surface area contributed by atoms with Crippen molar-refractivity contribution in [1.29, 1.82) is 0 Å². The van der Waals surface area contributed by atoms with E-state index in [0.717, 1.165) is 25.0 Å². The van der Waals surface area contributed by atoms with Crippen LogP contribution in [0.2, 0.25) is 5.28 Å². The molecule has 138 valence electrons. The molecule has 0 unspecified atom stereocenters. The van der Waals surface area contributed by atoms with E-state index in [-0.39, 0.29) is 17.0 Å². The molecule has 1 fully saturated rings. The van der Waals surface area contributed by atoms with Crippen LogP contribution in [0.1, 0.15) is 6.92 Å². The second-order valence-corrected chi connectivity index (χ2v) is 6.18. The maximum atomic E-state index is 13.8. The Balaban J connectivity index is 1.78. The van der Waals surface area contributed by atoms with Crippen LogP contribution in [0.15, 0.2) is 24.4 Å². The van der Waals surface area contributed by atoms with Crippen LogP contribution in [-0.2, 0) is 4.79 Å². The van der Waals surface area contributed by atoms with Crippen LogP contribution in [-0.4, -0.2) is 54.1 Å². The summed E-state index contributed by atoms with van der Waals surface area (Å²) in [6.07, 6.45) is 1.01. The monoisotopic (exact) mass is 379 g/mol. The zero-order valence-corrected chi connectivity index (χ0v) is 15.3. The Bertz CT molecular complexity index is 812. The number of nitrogens with one attached hydrogen (secondary N) is 1. The van der Waals surface area contributed by atoms with Gasteiger partial charge >= 0.3 is 0 Å². The maximum absolute atomic E-state index is 13.8. The molecule has 7 nitrogen and oxygen atoms in total. The summed E-state index contributed by atoms with van der Waals surface area (Å²) in [6, 6.07) is 5.57. The third kappa shape index (κ3) is 3.96. The van der Waals surface area contributed by atoms with Gasteiger partial charge in [0.25, 0.3) is 0 Å². The van der Waals surface area contributed by atoms with Crippen LogP contribution in [0.4, 0.5) is 21.6 Å². The molecule has 0 atom stereocenters. The van der Waals surface area contributed by atoms with Crippen LogP contribution in [0.5, 0.6) is 5.75 Å². The lowest BCUT2D eigenvalue weighted by Gasteiger charge is -2.35. The van der Waals surface area contributed by atoms with Gasteiger partial charge in [-0.25, -0.2) is 9.37 Å². The molecule has 0 spiro atoms. The average Bonchev–Trinajstić information content (AvgIpc) is 2.65. The molecule has 3 rings (SSSR count). The predicted molar refractivity (Wildman–Crippen MR) is 97.7 cm³/mol. The Hall–Kier alpha value is -2.61. The number of ether oxygens (including phenoxy) is 1. The molecule has 1 aliphatic heterocycles. The molecular formula is C17H19ClFN5O2. The van der Waals surface area contributed by atoms with Gasteiger partial charge in [-0.3, -0.25) is 4.79 Å². The van der Waals surface area contributed by atoms with E-state index in [0.29, 0.717) is 24.5 Å². The number of anilines is 3. The average molecular weight is 380 g/mol. The number of benzene rings is 1. The number of methoxy groups -OCH3 is 1. The summed E-state index contributed by atoms with van der Waals surface area (Å²) in [7, 11) is 1.54. The van der Waals surface area contributed by atoms with Crippen molar-refractivity contribution in [2.45, 2.75) is 6.92 Å². The highest BCUT2D eigenvalue weighted by Crippen LogP contribution is 2.32. The van der Waals surface area contributed by atoms with E-state index in [1.165, 1.54) is 0 Å². The molecule has 2 heterocycles. The summed E-state index contributed by atoms with van der Waals surface area (Å²) in [6.45, 7) is 4.43. The van der Waals surface area contributed by atoms with E-state index in [2.05, 4.69) is 20.2 Å². The summed E-state index contributed by atoms with van der Waals surface area (Å²) in [5.74, 6) is 0.00459. The quantitative estimate of drug-likeness (QED) is 0.824. The lowest BCUT2D eigenvalue weighted by atomic mass is 10.2. The van der Waals surface area contributed by atoms with Gasteiger partial charge in [-0.15, -0.1) is 0 Å². The first-order valence-corrected chi connectivity index (χ1v) is 8.49. The van der Waals surface area contributed by atoms with E-state index in [1.54, 1.807) is 20.1 Å². The summed E-state index contributed by atoms with van der Waals surface area (Å²) < 4.78 is 19.3.